The van der Waals surface area contributed by atoms with E-state index in [4.69, 9.17) is 0 Å². The standard InChI is InChI=1S/C14H22N2O3S/c1-3-15-12-5-4-6-13-11(12)7-8-14(17)16(13)9-10-20(2,18)19/h7-8,12,15H,3-6,9-10H2,1-2H3. The third-order valence-corrected chi connectivity index (χ3v) is 4.67. The minimum Gasteiger partial charge on any atom is -0.311 e. The third-order valence-electron chi connectivity index (χ3n) is 3.75. The predicted molar refractivity (Wildman–Crippen MR) is 79.8 cm³/mol. The van der Waals surface area contributed by atoms with Crippen LogP contribution in [-0.2, 0) is 22.8 Å². The summed E-state index contributed by atoms with van der Waals surface area (Å²) in [6.45, 7) is 3.19. The summed E-state index contributed by atoms with van der Waals surface area (Å²) in [5.74, 6) is 0.00916. The van der Waals surface area contributed by atoms with Crippen molar-refractivity contribution >= 4 is 9.84 Å². The van der Waals surface area contributed by atoms with Crippen LogP contribution < -0.4 is 10.9 Å². The lowest BCUT2D eigenvalue weighted by atomic mass is 9.91. The molecule has 112 valence electrons. The monoisotopic (exact) mass is 298 g/mol. The van der Waals surface area contributed by atoms with Gasteiger partial charge in [0.2, 0.25) is 0 Å². The van der Waals surface area contributed by atoms with Crippen molar-refractivity contribution in [3.63, 3.8) is 0 Å². The molecule has 5 nitrogen and oxygen atoms in total. The van der Waals surface area contributed by atoms with Crippen molar-refractivity contribution in [3.8, 4) is 0 Å². The maximum absolute atomic E-state index is 12.0. The van der Waals surface area contributed by atoms with Gasteiger partial charge in [-0.25, -0.2) is 8.42 Å². The van der Waals surface area contributed by atoms with Crippen molar-refractivity contribution in [2.45, 2.75) is 38.8 Å². The first kappa shape index (κ1) is 15.3. The summed E-state index contributed by atoms with van der Waals surface area (Å²) in [4.78, 5) is 12.0. The van der Waals surface area contributed by atoms with Crippen LogP contribution in [0.3, 0.4) is 0 Å². The molecule has 1 aliphatic rings. The van der Waals surface area contributed by atoms with E-state index in [0.29, 0.717) is 0 Å². The van der Waals surface area contributed by atoms with Gasteiger partial charge >= 0.3 is 0 Å². The third kappa shape index (κ3) is 3.49. The van der Waals surface area contributed by atoms with Crippen LogP contribution in [0, 0.1) is 0 Å². The molecule has 0 amide bonds. The molecule has 0 fully saturated rings. The van der Waals surface area contributed by atoms with Gasteiger partial charge in [0, 0.05) is 30.6 Å². The van der Waals surface area contributed by atoms with Crippen LogP contribution in [-0.4, -0.2) is 31.5 Å². The van der Waals surface area contributed by atoms with Crippen LogP contribution in [0.25, 0.3) is 0 Å². The zero-order valence-electron chi connectivity index (χ0n) is 12.1. The van der Waals surface area contributed by atoms with E-state index in [2.05, 4.69) is 12.2 Å². The molecule has 1 aromatic rings. The van der Waals surface area contributed by atoms with Crippen LogP contribution in [0.2, 0.25) is 0 Å². The maximum atomic E-state index is 12.0. The summed E-state index contributed by atoms with van der Waals surface area (Å²) in [6.07, 6.45) is 4.13. The van der Waals surface area contributed by atoms with Gasteiger partial charge in [-0.2, -0.15) is 0 Å². The lowest BCUT2D eigenvalue weighted by Crippen LogP contribution is -2.33. The van der Waals surface area contributed by atoms with Gasteiger partial charge in [-0.3, -0.25) is 4.79 Å². The fourth-order valence-corrected chi connectivity index (χ4v) is 3.34. The summed E-state index contributed by atoms with van der Waals surface area (Å²) in [5.41, 5.74) is 2.04. The molecule has 1 aliphatic carbocycles. The number of fused-ring (bicyclic) bond motifs is 1. The number of pyridine rings is 1. The topological polar surface area (TPSA) is 68.2 Å². The van der Waals surface area contributed by atoms with Crippen molar-refractivity contribution in [2.75, 3.05) is 18.6 Å². The van der Waals surface area contributed by atoms with Crippen LogP contribution in [0.15, 0.2) is 16.9 Å². The molecule has 1 unspecified atom stereocenters. The second kappa shape index (κ2) is 6.10. The van der Waals surface area contributed by atoms with E-state index in [1.165, 1.54) is 6.26 Å². The Morgan fingerprint density at radius 1 is 1.40 bits per heavy atom. The molecule has 0 aromatic carbocycles. The Morgan fingerprint density at radius 3 is 2.80 bits per heavy atom. The predicted octanol–water partition coefficient (Wildman–Crippen LogP) is 0.880. The molecule has 20 heavy (non-hydrogen) atoms. The molecule has 0 saturated heterocycles. The van der Waals surface area contributed by atoms with Gasteiger partial charge in [-0.05, 0) is 31.4 Å². The quantitative estimate of drug-likeness (QED) is 0.876. The molecule has 6 heteroatoms. The van der Waals surface area contributed by atoms with Gasteiger partial charge in [0.05, 0.1) is 5.75 Å². The Morgan fingerprint density at radius 2 is 2.15 bits per heavy atom. The second-order valence-electron chi connectivity index (χ2n) is 5.36. The van der Waals surface area contributed by atoms with Gasteiger partial charge in [0.25, 0.3) is 5.56 Å². The van der Waals surface area contributed by atoms with Crippen LogP contribution >= 0.6 is 0 Å². The van der Waals surface area contributed by atoms with Gasteiger partial charge < -0.3 is 9.88 Å². The number of sulfone groups is 1. The largest absolute Gasteiger partial charge is 0.311 e. The molecule has 1 atom stereocenters. The Labute approximate surface area is 119 Å². The molecule has 0 saturated carbocycles. The van der Waals surface area contributed by atoms with Crippen molar-refractivity contribution in [2.24, 2.45) is 0 Å². The number of nitrogens with zero attached hydrogens (tertiary/aromatic N) is 1. The lowest BCUT2D eigenvalue weighted by Gasteiger charge is -2.28. The first-order valence-corrected chi connectivity index (χ1v) is 9.12. The highest BCUT2D eigenvalue weighted by molar-refractivity contribution is 7.90. The average Bonchev–Trinajstić information content (AvgIpc) is 2.37. The number of rotatable bonds is 5. The fraction of sp³-hybridized carbons (Fsp3) is 0.643. The van der Waals surface area contributed by atoms with Crippen LogP contribution in [0.1, 0.15) is 37.1 Å². The average molecular weight is 298 g/mol. The molecule has 0 spiro atoms. The van der Waals surface area contributed by atoms with Crippen molar-refractivity contribution in [1.82, 2.24) is 9.88 Å². The van der Waals surface area contributed by atoms with Crippen LogP contribution in [0.4, 0.5) is 0 Å². The molecule has 2 rings (SSSR count). The molecule has 1 N–H and O–H groups in total. The highest BCUT2D eigenvalue weighted by atomic mass is 32.2. The number of hydrogen-bond donors (Lipinski definition) is 1. The molecule has 0 aliphatic heterocycles. The van der Waals surface area contributed by atoms with Crippen molar-refractivity contribution in [1.29, 1.82) is 0 Å². The fourth-order valence-electron chi connectivity index (χ4n) is 2.82. The first-order chi connectivity index (χ1) is 9.42. The van der Waals surface area contributed by atoms with Crippen molar-refractivity contribution in [3.05, 3.63) is 33.7 Å². The highest BCUT2D eigenvalue weighted by Gasteiger charge is 2.22. The van der Waals surface area contributed by atoms with Gasteiger partial charge in [-0.15, -0.1) is 0 Å². The van der Waals surface area contributed by atoms with E-state index in [9.17, 15) is 13.2 Å². The smallest absolute Gasteiger partial charge is 0.250 e. The molecule has 1 aromatic heterocycles. The molecule has 1 heterocycles. The van der Waals surface area contributed by atoms with E-state index < -0.39 is 9.84 Å². The molecular formula is C14H22N2O3S. The summed E-state index contributed by atoms with van der Waals surface area (Å²) >= 11 is 0. The Kier molecular flexibility index (Phi) is 4.65. The van der Waals surface area contributed by atoms with E-state index in [-0.39, 0.29) is 23.9 Å². The lowest BCUT2D eigenvalue weighted by molar-refractivity contribution is 0.451. The van der Waals surface area contributed by atoms with Crippen LogP contribution in [0.5, 0.6) is 0 Å². The Hall–Kier alpha value is -1.14. The number of hydrogen-bond acceptors (Lipinski definition) is 4. The van der Waals surface area contributed by atoms with E-state index in [0.717, 1.165) is 37.1 Å². The van der Waals surface area contributed by atoms with E-state index in [1.807, 2.05) is 6.07 Å². The first-order valence-electron chi connectivity index (χ1n) is 7.06. The summed E-state index contributed by atoms with van der Waals surface area (Å²) in [6, 6.07) is 3.71. The van der Waals surface area contributed by atoms with Gasteiger partial charge in [0.1, 0.15) is 9.84 Å². The highest BCUT2D eigenvalue weighted by Crippen LogP contribution is 2.28. The van der Waals surface area contributed by atoms with E-state index >= 15 is 0 Å². The minimum absolute atomic E-state index is 0.00916. The normalized spacial score (nSPS) is 18.8. The zero-order chi connectivity index (χ0) is 14.8. The number of aromatic nitrogens is 1. The Bertz CT molecular complexity index is 634. The minimum atomic E-state index is -3.06. The summed E-state index contributed by atoms with van der Waals surface area (Å²) in [7, 11) is -3.06. The SMILES string of the molecule is CCNC1CCCc2c1ccc(=O)n2CCS(C)(=O)=O. The summed E-state index contributed by atoms with van der Waals surface area (Å²) in [5, 5.41) is 3.43. The molecular weight excluding hydrogens is 276 g/mol. The van der Waals surface area contributed by atoms with Crippen molar-refractivity contribution < 1.29 is 8.42 Å². The summed E-state index contributed by atoms with van der Waals surface area (Å²) < 4.78 is 24.3. The van der Waals surface area contributed by atoms with Gasteiger partial charge in [-0.1, -0.05) is 13.0 Å². The molecule has 0 bridgehead atoms. The second-order valence-corrected chi connectivity index (χ2v) is 7.62. The zero-order valence-corrected chi connectivity index (χ0v) is 12.9. The van der Waals surface area contributed by atoms with Gasteiger partial charge in [0.15, 0.2) is 0 Å². The van der Waals surface area contributed by atoms with E-state index in [1.54, 1.807) is 10.6 Å². The molecule has 0 radical (unpaired) electrons. The maximum Gasteiger partial charge on any atom is 0.250 e. The Balaban J connectivity index is 2.37. The number of nitrogens with one attached hydrogen (secondary N) is 1.